The molecule has 1 atom stereocenters. The van der Waals surface area contributed by atoms with Crippen molar-refractivity contribution in [2.75, 3.05) is 24.8 Å². The molecule has 0 fully saturated rings. The summed E-state index contributed by atoms with van der Waals surface area (Å²) in [5.74, 6) is 1.41. The standard InChI is InChI=1S/C22H22N2O5/c1-2-11-23-22(26)20-13-24(16-5-3-4-6-17(16)29-20)21(25)10-8-15-7-9-18-19(12-15)28-14-27-18/h3-10,12,20H,2,11,13-14H2,1H3,(H,23,26)/b10-8+/t20-/m1/s1. The van der Waals surface area contributed by atoms with Crippen LogP contribution in [0.2, 0.25) is 0 Å². The van der Waals surface area contributed by atoms with Gasteiger partial charge in [-0.2, -0.15) is 0 Å². The largest absolute Gasteiger partial charge is 0.477 e. The molecular weight excluding hydrogens is 372 g/mol. The van der Waals surface area contributed by atoms with Gasteiger partial charge < -0.3 is 24.4 Å². The number of nitrogens with one attached hydrogen (secondary N) is 1. The minimum Gasteiger partial charge on any atom is -0.477 e. The number of para-hydroxylation sites is 2. The quantitative estimate of drug-likeness (QED) is 0.789. The summed E-state index contributed by atoms with van der Waals surface area (Å²) >= 11 is 0. The van der Waals surface area contributed by atoms with Crippen LogP contribution in [0.3, 0.4) is 0 Å². The molecule has 2 aromatic carbocycles. The average molecular weight is 394 g/mol. The maximum Gasteiger partial charge on any atom is 0.262 e. The van der Waals surface area contributed by atoms with Crippen molar-refractivity contribution >= 4 is 23.6 Å². The highest BCUT2D eigenvalue weighted by Crippen LogP contribution is 2.34. The molecule has 150 valence electrons. The fourth-order valence-corrected chi connectivity index (χ4v) is 3.22. The summed E-state index contributed by atoms with van der Waals surface area (Å²) in [6.07, 6.45) is 3.28. The third kappa shape index (κ3) is 4.03. The molecule has 2 heterocycles. The third-order valence-electron chi connectivity index (χ3n) is 4.70. The van der Waals surface area contributed by atoms with Gasteiger partial charge in [-0.25, -0.2) is 0 Å². The van der Waals surface area contributed by atoms with Crippen LogP contribution >= 0.6 is 0 Å². The number of carbonyl (C=O) groups is 2. The zero-order valence-electron chi connectivity index (χ0n) is 16.1. The van der Waals surface area contributed by atoms with Crippen molar-refractivity contribution in [1.82, 2.24) is 5.32 Å². The monoisotopic (exact) mass is 394 g/mol. The van der Waals surface area contributed by atoms with E-state index in [-0.39, 0.29) is 25.2 Å². The van der Waals surface area contributed by atoms with Crippen molar-refractivity contribution < 1.29 is 23.8 Å². The number of hydrogen-bond donors (Lipinski definition) is 1. The second-order valence-corrected chi connectivity index (χ2v) is 6.76. The Morgan fingerprint density at radius 1 is 1.14 bits per heavy atom. The summed E-state index contributed by atoms with van der Waals surface area (Å²) in [6, 6.07) is 12.7. The molecule has 4 rings (SSSR count). The lowest BCUT2D eigenvalue weighted by atomic mass is 10.1. The van der Waals surface area contributed by atoms with E-state index in [9.17, 15) is 9.59 Å². The van der Waals surface area contributed by atoms with Crippen LogP contribution in [-0.2, 0) is 9.59 Å². The van der Waals surface area contributed by atoms with E-state index in [2.05, 4.69) is 5.32 Å². The van der Waals surface area contributed by atoms with Gasteiger partial charge in [-0.3, -0.25) is 9.59 Å². The van der Waals surface area contributed by atoms with Crippen LogP contribution in [0.25, 0.3) is 6.08 Å². The van der Waals surface area contributed by atoms with E-state index in [0.29, 0.717) is 29.5 Å². The van der Waals surface area contributed by atoms with Gasteiger partial charge in [0.25, 0.3) is 11.8 Å². The smallest absolute Gasteiger partial charge is 0.262 e. The lowest BCUT2D eigenvalue weighted by Crippen LogP contribution is -2.50. The predicted molar refractivity (Wildman–Crippen MR) is 108 cm³/mol. The molecule has 7 heteroatoms. The molecule has 2 amide bonds. The Hall–Kier alpha value is -3.48. The van der Waals surface area contributed by atoms with Crippen LogP contribution in [-0.4, -0.2) is 37.8 Å². The van der Waals surface area contributed by atoms with Gasteiger partial charge in [0.1, 0.15) is 5.75 Å². The van der Waals surface area contributed by atoms with Crippen LogP contribution in [0.5, 0.6) is 17.2 Å². The number of fused-ring (bicyclic) bond motifs is 2. The number of anilines is 1. The molecule has 0 aliphatic carbocycles. The van der Waals surface area contributed by atoms with Crippen molar-refractivity contribution in [2.24, 2.45) is 0 Å². The molecular formula is C22H22N2O5. The van der Waals surface area contributed by atoms with E-state index < -0.39 is 6.10 Å². The van der Waals surface area contributed by atoms with Gasteiger partial charge in [0.05, 0.1) is 12.2 Å². The topological polar surface area (TPSA) is 77.1 Å². The van der Waals surface area contributed by atoms with E-state index >= 15 is 0 Å². The molecule has 29 heavy (non-hydrogen) atoms. The van der Waals surface area contributed by atoms with Crippen LogP contribution in [0.4, 0.5) is 5.69 Å². The van der Waals surface area contributed by atoms with Gasteiger partial charge in [-0.1, -0.05) is 25.1 Å². The Labute approximate surface area is 168 Å². The zero-order chi connectivity index (χ0) is 20.2. The number of carbonyl (C=O) groups excluding carboxylic acids is 2. The Kier molecular flexibility index (Phi) is 5.37. The van der Waals surface area contributed by atoms with Crippen molar-refractivity contribution in [3.63, 3.8) is 0 Å². The first kappa shape index (κ1) is 18.9. The van der Waals surface area contributed by atoms with E-state index in [0.717, 1.165) is 12.0 Å². The van der Waals surface area contributed by atoms with Gasteiger partial charge >= 0.3 is 0 Å². The number of amides is 2. The lowest BCUT2D eigenvalue weighted by molar-refractivity contribution is -0.128. The molecule has 0 spiro atoms. The maximum absolute atomic E-state index is 12.9. The Balaban J connectivity index is 1.53. The second-order valence-electron chi connectivity index (χ2n) is 6.76. The fourth-order valence-electron chi connectivity index (χ4n) is 3.22. The zero-order valence-corrected chi connectivity index (χ0v) is 16.1. The summed E-state index contributed by atoms with van der Waals surface area (Å²) in [4.78, 5) is 26.9. The van der Waals surface area contributed by atoms with Gasteiger partial charge in [0.15, 0.2) is 17.6 Å². The van der Waals surface area contributed by atoms with Gasteiger partial charge in [0, 0.05) is 12.6 Å². The Morgan fingerprint density at radius 3 is 2.83 bits per heavy atom. The third-order valence-corrected chi connectivity index (χ3v) is 4.70. The molecule has 0 bridgehead atoms. The van der Waals surface area contributed by atoms with Crippen LogP contribution in [0.1, 0.15) is 18.9 Å². The van der Waals surface area contributed by atoms with E-state index in [1.807, 2.05) is 43.3 Å². The molecule has 0 saturated carbocycles. The molecule has 0 radical (unpaired) electrons. The highest BCUT2D eigenvalue weighted by atomic mass is 16.7. The first-order valence-corrected chi connectivity index (χ1v) is 9.58. The van der Waals surface area contributed by atoms with Crippen molar-refractivity contribution in [3.05, 3.63) is 54.1 Å². The fraction of sp³-hybridized carbons (Fsp3) is 0.273. The number of hydrogen-bond acceptors (Lipinski definition) is 5. The summed E-state index contributed by atoms with van der Waals surface area (Å²) < 4.78 is 16.5. The van der Waals surface area contributed by atoms with Crippen LogP contribution < -0.4 is 24.4 Å². The molecule has 0 saturated heterocycles. The van der Waals surface area contributed by atoms with Crippen LogP contribution in [0.15, 0.2) is 48.5 Å². The predicted octanol–water partition coefficient (Wildman–Crippen LogP) is 2.75. The second kappa shape index (κ2) is 8.26. The highest BCUT2D eigenvalue weighted by molar-refractivity contribution is 6.05. The maximum atomic E-state index is 12.9. The summed E-state index contributed by atoms with van der Waals surface area (Å²) in [5.41, 5.74) is 1.47. The average Bonchev–Trinajstić information content (AvgIpc) is 3.22. The van der Waals surface area contributed by atoms with E-state index in [4.69, 9.17) is 14.2 Å². The Morgan fingerprint density at radius 2 is 1.97 bits per heavy atom. The van der Waals surface area contributed by atoms with E-state index in [1.165, 1.54) is 6.08 Å². The van der Waals surface area contributed by atoms with Crippen molar-refractivity contribution in [1.29, 1.82) is 0 Å². The number of nitrogens with zero attached hydrogens (tertiary/aromatic N) is 1. The summed E-state index contributed by atoms with van der Waals surface area (Å²) in [5, 5.41) is 2.83. The normalized spacial score (nSPS) is 17.0. The molecule has 7 nitrogen and oxygen atoms in total. The molecule has 2 aliphatic heterocycles. The van der Waals surface area contributed by atoms with E-state index in [1.54, 1.807) is 17.0 Å². The minimum absolute atomic E-state index is 0.150. The molecule has 2 aliphatic rings. The van der Waals surface area contributed by atoms with Gasteiger partial charge in [0.2, 0.25) is 6.79 Å². The minimum atomic E-state index is -0.751. The molecule has 1 N–H and O–H groups in total. The van der Waals surface area contributed by atoms with Crippen molar-refractivity contribution in [3.8, 4) is 17.2 Å². The Bertz CT molecular complexity index is 956. The molecule has 0 unspecified atom stereocenters. The van der Waals surface area contributed by atoms with Crippen molar-refractivity contribution in [2.45, 2.75) is 19.4 Å². The van der Waals surface area contributed by atoms with Crippen LogP contribution in [0, 0.1) is 0 Å². The SMILES string of the molecule is CCCNC(=O)[C@H]1CN(C(=O)/C=C/c2ccc3c(c2)OCO3)c2ccccc2O1. The number of ether oxygens (including phenoxy) is 3. The first-order valence-electron chi connectivity index (χ1n) is 9.58. The highest BCUT2D eigenvalue weighted by Gasteiger charge is 2.32. The molecule has 2 aromatic rings. The van der Waals surface area contributed by atoms with Gasteiger partial charge in [-0.15, -0.1) is 0 Å². The first-order chi connectivity index (χ1) is 14.2. The number of benzene rings is 2. The summed E-state index contributed by atoms with van der Waals surface area (Å²) in [7, 11) is 0. The lowest BCUT2D eigenvalue weighted by Gasteiger charge is -2.33. The molecule has 0 aromatic heterocycles. The summed E-state index contributed by atoms with van der Waals surface area (Å²) in [6.45, 7) is 2.90. The van der Waals surface area contributed by atoms with Gasteiger partial charge in [-0.05, 0) is 42.3 Å². The number of rotatable bonds is 5.